The standard InChI is InChI=1S/C17H22ClN3/c1-4-19-12-14-8-7-11-20-17(14)21(3)13(2)15-9-5-6-10-16(15)18/h5-11,13,19H,4,12H2,1-3H3. The molecule has 1 unspecified atom stereocenters. The van der Waals surface area contributed by atoms with Gasteiger partial charge in [0, 0.05) is 30.4 Å². The second-order valence-corrected chi connectivity index (χ2v) is 5.48. The lowest BCUT2D eigenvalue weighted by Gasteiger charge is -2.28. The first-order valence-corrected chi connectivity index (χ1v) is 7.64. The number of benzene rings is 1. The molecule has 0 bridgehead atoms. The molecule has 0 fully saturated rings. The zero-order valence-electron chi connectivity index (χ0n) is 12.8. The largest absolute Gasteiger partial charge is 0.353 e. The van der Waals surface area contributed by atoms with E-state index >= 15 is 0 Å². The summed E-state index contributed by atoms with van der Waals surface area (Å²) in [4.78, 5) is 6.73. The van der Waals surface area contributed by atoms with Crippen LogP contribution in [0.1, 0.15) is 31.0 Å². The van der Waals surface area contributed by atoms with Crippen LogP contribution in [0.3, 0.4) is 0 Å². The summed E-state index contributed by atoms with van der Waals surface area (Å²) in [6.45, 7) is 6.01. The Kier molecular flexibility index (Phi) is 5.59. The summed E-state index contributed by atoms with van der Waals surface area (Å²) in [5, 5.41) is 4.15. The molecule has 2 rings (SSSR count). The minimum atomic E-state index is 0.161. The Morgan fingerprint density at radius 3 is 2.71 bits per heavy atom. The number of hydrogen-bond acceptors (Lipinski definition) is 3. The van der Waals surface area contributed by atoms with Gasteiger partial charge in [0.05, 0.1) is 6.04 Å². The van der Waals surface area contributed by atoms with Crippen molar-refractivity contribution in [2.75, 3.05) is 18.5 Å². The Bertz CT molecular complexity index is 586. The first-order valence-electron chi connectivity index (χ1n) is 7.27. The van der Waals surface area contributed by atoms with E-state index in [1.54, 1.807) is 0 Å². The summed E-state index contributed by atoms with van der Waals surface area (Å²) in [6, 6.07) is 12.2. The van der Waals surface area contributed by atoms with E-state index in [2.05, 4.69) is 48.2 Å². The number of halogens is 1. The Labute approximate surface area is 132 Å². The third kappa shape index (κ3) is 3.74. The molecule has 1 atom stereocenters. The summed E-state index contributed by atoms with van der Waals surface area (Å²) in [6.07, 6.45) is 1.83. The van der Waals surface area contributed by atoms with Gasteiger partial charge in [-0.1, -0.05) is 42.8 Å². The van der Waals surface area contributed by atoms with Crippen molar-refractivity contribution in [2.45, 2.75) is 26.4 Å². The molecule has 0 spiro atoms. The molecule has 0 saturated heterocycles. The molecule has 3 nitrogen and oxygen atoms in total. The van der Waals surface area contributed by atoms with Gasteiger partial charge >= 0.3 is 0 Å². The van der Waals surface area contributed by atoms with Crippen LogP contribution in [0, 0.1) is 0 Å². The predicted octanol–water partition coefficient (Wildman–Crippen LogP) is 4.04. The van der Waals surface area contributed by atoms with E-state index in [0.29, 0.717) is 0 Å². The second-order valence-electron chi connectivity index (χ2n) is 5.07. The van der Waals surface area contributed by atoms with E-state index in [1.807, 2.05) is 30.5 Å². The highest BCUT2D eigenvalue weighted by Crippen LogP contribution is 2.30. The van der Waals surface area contributed by atoms with Crippen LogP contribution in [0.5, 0.6) is 0 Å². The van der Waals surface area contributed by atoms with E-state index in [9.17, 15) is 0 Å². The number of aromatic nitrogens is 1. The van der Waals surface area contributed by atoms with Crippen LogP contribution in [0.4, 0.5) is 5.82 Å². The van der Waals surface area contributed by atoms with Gasteiger partial charge in [-0.05, 0) is 31.2 Å². The number of hydrogen-bond donors (Lipinski definition) is 1. The molecule has 1 heterocycles. The van der Waals surface area contributed by atoms with Crippen LogP contribution >= 0.6 is 11.6 Å². The van der Waals surface area contributed by atoms with Crippen molar-refractivity contribution in [3.8, 4) is 0 Å². The van der Waals surface area contributed by atoms with Crippen molar-refractivity contribution < 1.29 is 0 Å². The van der Waals surface area contributed by atoms with E-state index in [1.165, 1.54) is 5.56 Å². The van der Waals surface area contributed by atoms with Gasteiger partial charge < -0.3 is 10.2 Å². The van der Waals surface area contributed by atoms with Gasteiger partial charge in [-0.3, -0.25) is 0 Å². The highest BCUT2D eigenvalue weighted by molar-refractivity contribution is 6.31. The Hall–Kier alpha value is -1.58. The number of anilines is 1. The monoisotopic (exact) mass is 303 g/mol. The topological polar surface area (TPSA) is 28.2 Å². The fourth-order valence-corrected chi connectivity index (χ4v) is 2.65. The van der Waals surface area contributed by atoms with Crippen molar-refractivity contribution in [1.82, 2.24) is 10.3 Å². The molecule has 0 amide bonds. The summed E-state index contributed by atoms with van der Waals surface area (Å²) >= 11 is 6.31. The Morgan fingerprint density at radius 2 is 2.00 bits per heavy atom. The fourth-order valence-electron chi connectivity index (χ4n) is 2.35. The van der Waals surface area contributed by atoms with Crippen LogP contribution < -0.4 is 10.2 Å². The normalized spacial score (nSPS) is 12.2. The average Bonchev–Trinajstić information content (AvgIpc) is 2.52. The first-order chi connectivity index (χ1) is 10.1. The Balaban J connectivity index is 2.27. The summed E-state index contributed by atoms with van der Waals surface area (Å²) in [5.74, 6) is 0.992. The molecule has 21 heavy (non-hydrogen) atoms. The lowest BCUT2D eigenvalue weighted by molar-refractivity contribution is 0.695. The third-order valence-corrected chi connectivity index (χ3v) is 4.05. The van der Waals surface area contributed by atoms with Crippen LogP contribution in [0.2, 0.25) is 5.02 Å². The molecule has 0 radical (unpaired) electrons. The SMILES string of the molecule is CCNCc1cccnc1N(C)C(C)c1ccccc1Cl. The summed E-state index contributed by atoms with van der Waals surface area (Å²) < 4.78 is 0. The van der Waals surface area contributed by atoms with Crippen LogP contribution in [0.25, 0.3) is 0 Å². The number of nitrogens with one attached hydrogen (secondary N) is 1. The van der Waals surface area contributed by atoms with Crippen molar-refractivity contribution in [3.05, 3.63) is 58.7 Å². The molecule has 0 aliphatic rings. The Morgan fingerprint density at radius 1 is 1.24 bits per heavy atom. The minimum absolute atomic E-state index is 0.161. The van der Waals surface area contributed by atoms with Gasteiger partial charge in [0.25, 0.3) is 0 Å². The van der Waals surface area contributed by atoms with Gasteiger partial charge in [-0.15, -0.1) is 0 Å². The summed E-state index contributed by atoms with van der Waals surface area (Å²) in [7, 11) is 2.06. The molecule has 0 saturated carbocycles. The maximum atomic E-state index is 6.31. The molecule has 112 valence electrons. The quantitative estimate of drug-likeness (QED) is 0.873. The average molecular weight is 304 g/mol. The zero-order valence-corrected chi connectivity index (χ0v) is 13.6. The van der Waals surface area contributed by atoms with Gasteiger partial charge in [0.2, 0.25) is 0 Å². The van der Waals surface area contributed by atoms with Gasteiger partial charge in [0.1, 0.15) is 5.82 Å². The molecule has 1 aromatic heterocycles. The van der Waals surface area contributed by atoms with E-state index in [4.69, 9.17) is 11.6 Å². The predicted molar refractivity (Wildman–Crippen MR) is 89.9 cm³/mol. The summed E-state index contributed by atoms with van der Waals surface area (Å²) in [5.41, 5.74) is 2.31. The van der Waals surface area contributed by atoms with Gasteiger partial charge in [-0.2, -0.15) is 0 Å². The smallest absolute Gasteiger partial charge is 0.133 e. The van der Waals surface area contributed by atoms with Crippen LogP contribution in [-0.4, -0.2) is 18.6 Å². The van der Waals surface area contributed by atoms with E-state index in [0.717, 1.165) is 29.5 Å². The second kappa shape index (κ2) is 7.43. The molecule has 2 aromatic rings. The molecule has 1 N–H and O–H groups in total. The van der Waals surface area contributed by atoms with E-state index < -0.39 is 0 Å². The number of pyridine rings is 1. The molecule has 4 heteroatoms. The molecule has 1 aromatic carbocycles. The third-order valence-electron chi connectivity index (χ3n) is 3.70. The van der Waals surface area contributed by atoms with Gasteiger partial charge in [0.15, 0.2) is 0 Å². The maximum Gasteiger partial charge on any atom is 0.133 e. The lowest BCUT2D eigenvalue weighted by atomic mass is 10.1. The molecule has 0 aliphatic carbocycles. The van der Waals surface area contributed by atoms with Crippen molar-refractivity contribution in [2.24, 2.45) is 0 Å². The van der Waals surface area contributed by atoms with Crippen molar-refractivity contribution in [1.29, 1.82) is 0 Å². The first kappa shape index (κ1) is 15.8. The van der Waals surface area contributed by atoms with Crippen molar-refractivity contribution >= 4 is 17.4 Å². The molecular weight excluding hydrogens is 282 g/mol. The van der Waals surface area contributed by atoms with Crippen LogP contribution in [-0.2, 0) is 6.54 Å². The van der Waals surface area contributed by atoms with Gasteiger partial charge in [-0.25, -0.2) is 4.98 Å². The number of rotatable bonds is 6. The number of nitrogens with zero attached hydrogens (tertiary/aromatic N) is 2. The minimum Gasteiger partial charge on any atom is -0.353 e. The van der Waals surface area contributed by atoms with E-state index in [-0.39, 0.29) is 6.04 Å². The highest BCUT2D eigenvalue weighted by atomic mass is 35.5. The lowest BCUT2D eigenvalue weighted by Crippen LogP contribution is -2.25. The van der Waals surface area contributed by atoms with Crippen molar-refractivity contribution in [3.63, 3.8) is 0 Å². The zero-order chi connectivity index (χ0) is 15.2. The molecule has 0 aliphatic heterocycles. The maximum absolute atomic E-state index is 6.31. The van der Waals surface area contributed by atoms with Crippen LogP contribution in [0.15, 0.2) is 42.6 Å². The molecular formula is C17H22ClN3. The fraction of sp³-hybridized carbons (Fsp3) is 0.353. The highest BCUT2D eigenvalue weighted by Gasteiger charge is 2.18.